The Balaban J connectivity index is 2.10. The molecule has 0 amide bonds. The first kappa shape index (κ1) is 13.1. The molecule has 0 aromatic carbocycles. The van der Waals surface area contributed by atoms with Crippen molar-refractivity contribution in [2.75, 3.05) is 50.6 Å². The minimum Gasteiger partial charge on any atom is -0.363 e. The zero-order valence-corrected chi connectivity index (χ0v) is 11.8. The fraction of sp³-hybridized carbons (Fsp3) is 0.692. The van der Waals surface area contributed by atoms with Crippen LogP contribution in [0.3, 0.4) is 0 Å². The minimum absolute atomic E-state index is 0.730. The molecule has 0 aliphatic carbocycles. The summed E-state index contributed by atoms with van der Waals surface area (Å²) in [5.74, 6) is 3.53. The molecule has 1 atom stereocenters. The maximum atomic E-state index is 4.53. The van der Waals surface area contributed by atoms with Crippen molar-refractivity contribution in [2.45, 2.75) is 13.3 Å². The van der Waals surface area contributed by atoms with Gasteiger partial charge in [-0.1, -0.05) is 0 Å². The third-order valence-corrected chi connectivity index (χ3v) is 3.35. The molecule has 0 spiro atoms. The molecule has 0 saturated carbocycles. The molecule has 1 N–H and O–H groups in total. The minimum atomic E-state index is 0.730. The second kappa shape index (κ2) is 5.52. The summed E-state index contributed by atoms with van der Waals surface area (Å²) in [6, 6.07) is 2.05. The molecule has 2 heterocycles. The molecular formula is C13H23N5. The second-order valence-electron chi connectivity index (χ2n) is 5.27. The molecule has 1 aliphatic heterocycles. The number of hydrogen-bond donors (Lipinski definition) is 1. The maximum Gasteiger partial charge on any atom is 0.134 e. The molecule has 1 aromatic rings. The molecule has 1 saturated heterocycles. The van der Waals surface area contributed by atoms with E-state index in [1.54, 1.807) is 0 Å². The Morgan fingerprint density at radius 1 is 1.28 bits per heavy atom. The summed E-state index contributed by atoms with van der Waals surface area (Å²) < 4.78 is 0. The van der Waals surface area contributed by atoms with Gasteiger partial charge in [0, 0.05) is 33.8 Å². The smallest absolute Gasteiger partial charge is 0.134 e. The van der Waals surface area contributed by atoms with Gasteiger partial charge in [-0.05, 0) is 32.4 Å². The molecule has 0 radical (unpaired) electrons. The van der Waals surface area contributed by atoms with Gasteiger partial charge in [0.05, 0.1) is 0 Å². The van der Waals surface area contributed by atoms with Crippen molar-refractivity contribution < 1.29 is 0 Å². The Labute approximate surface area is 109 Å². The van der Waals surface area contributed by atoms with Crippen LogP contribution in [-0.4, -0.2) is 50.7 Å². The monoisotopic (exact) mass is 249 g/mol. The molecule has 1 fully saturated rings. The Bertz CT molecular complexity index is 398. The van der Waals surface area contributed by atoms with Crippen LogP contribution in [-0.2, 0) is 0 Å². The predicted molar refractivity (Wildman–Crippen MR) is 75.3 cm³/mol. The number of hydrogen-bond acceptors (Lipinski definition) is 5. The number of aryl methyl sites for hydroxylation is 1. The highest BCUT2D eigenvalue weighted by atomic mass is 15.2. The van der Waals surface area contributed by atoms with Gasteiger partial charge in [0.25, 0.3) is 0 Å². The fourth-order valence-electron chi connectivity index (χ4n) is 2.31. The quantitative estimate of drug-likeness (QED) is 0.859. The third-order valence-electron chi connectivity index (χ3n) is 3.35. The number of nitrogens with one attached hydrogen (secondary N) is 1. The number of anilines is 2. The van der Waals surface area contributed by atoms with Crippen LogP contribution in [0.25, 0.3) is 0 Å². The summed E-state index contributed by atoms with van der Waals surface area (Å²) in [5.41, 5.74) is 0. The van der Waals surface area contributed by atoms with Crippen LogP contribution in [0.4, 0.5) is 11.6 Å². The normalized spacial score (nSPS) is 19.0. The molecule has 2 rings (SSSR count). The number of rotatable bonds is 4. The van der Waals surface area contributed by atoms with Gasteiger partial charge >= 0.3 is 0 Å². The van der Waals surface area contributed by atoms with E-state index in [4.69, 9.17) is 0 Å². The zero-order chi connectivity index (χ0) is 13.1. The van der Waals surface area contributed by atoms with Crippen LogP contribution in [0, 0.1) is 12.8 Å². The first-order valence-electron chi connectivity index (χ1n) is 6.51. The van der Waals surface area contributed by atoms with Gasteiger partial charge in [-0.15, -0.1) is 0 Å². The van der Waals surface area contributed by atoms with Gasteiger partial charge in [-0.2, -0.15) is 0 Å². The predicted octanol–water partition coefficient (Wildman–Crippen LogP) is 0.897. The number of nitrogens with zero attached hydrogens (tertiary/aromatic N) is 4. The average molecular weight is 249 g/mol. The van der Waals surface area contributed by atoms with Crippen molar-refractivity contribution in [3.8, 4) is 0 Å². The van der Waals surface area contributed by atoms with Crippen LogP contribution in [0.2, 0.25) is 0 Å². The van der Waals surface area contributed by atoms with Crippen molar-refractivity contribution in [1.29, 1.82) is 0 Å². The topological polar surface area (TPSA) is 44.3 Å². The van der Waals surface area contributed by atoms with Gasteiger partial charge < -0.3 is 15.1 Å². The van der Waals surface area contributed by atoms with Crippen LogP contribution < -0.4 is 15.1 Å². The summed E-state index contributed by atoms with van der Waals surface area (Å²) in [4.78, 5) is 13.2. The highest BCUT2D eigenvalue weighted by Crippen LogP contribution is 2.19. The largest absolute Gasteiger partial charge is 0.363 e. The summed E-state index contributed by atoms with van der Waals surface area (Å²) in [7, 11) is 6.12. The van der Waals surface area contributed by atoms with E-state index in [9.17, 15) is 0 Å². The first-order valence-corrected chi connectivity index (χ1v) is 6.51. The zero-order valence-electron chi connectivity index (χ0n) is 11.8. The van der Waals surface area contributed by atoms with E-state index < -0.39 is 0 Å². The van der Waals surface area contributed by atoms with E-state index in [-0.39, 0.29) is 0 Å². The highest BCUT2D eigenvalue weighted by molar-refractivity contribution is 5.49. The molecule has 1 aromatic heterocycles. The second-order valence-corrected chi connectivity index (χ2v) is 5.27. The summed E-state index contributed by atoms with van der Waals surface area (Å²) in [5, 5.41) is 3.40. The van der Waals surface area contributed by atoms with Crippen molar-refractivity contribution in [3.05, 3.63) is 11.9 Å². The van der Waals surface area contributed by atoms with Crippen molar-refractivity contribution in [3.63, 3.8) is 0 Å². The lowest BCUT2D eigenvalue weighted by Gasteiger charge is -2.23. The van der Waals surface area contributed by atoms with Gasteiger partial charge in [0.2, 0.25) is 0 Å². The van der Waals surface area contributed by atoms with Gasteiger partial charge in [-0.25, -0.2) is 9.97 Å². The van der Waals surface area contributed by atoms with Crippen molar-refractivity contribution in [2.24, 2.45) is 5.92 Å². The lowest BCUT2D eigenvalue weighted by molar-refractivity contribution is 0.575. The molecule has 1 unspecified atom stereocenters. The first-order chi connectivity index (χ1) is 8.56. The Kier molecular flexibility index (Phi) is 4.01. The fourth-order valence-corrected chi connectivity index (χ4v) is 2.31. The maximum absolute atomic E-state index is 4.53. The Morgan fingerprint density at radius 2 is 2.00 bits per heavy atom. The van der Waals surface area contributed by atoms with Gasteiger partial charge in [0.15, 0.2) is 0 Å². The molecule has 100 valence electrons. The van der Waals surface area contributed by atoms with Crippen LogP contribution in [0.5, 0.6) is 0 Å². The summed E-state index contributed by atoms with van der Waals surface area (Å²) in [6.45, 7) is 5.26. The standard InChI is InChI=1S/C13H23N5/c1-10-15-12(17(2)3)7-13(16-10)18(4)9-11-5-6-14-8-11/h7,11,14H,5-6,8-9H2,1-4H3. The lowest BCUT2D eigenvalue weighted by atomic mass is 10.1. The summed E-state index contributed by atoms with van der Waals surface area (Å²) in [6.07, 6.45) is 1.26. The van der Waals surface area contributed by atoms with E-state index in [1.807, 2.05) is 25.9 Å². The average Bonchev–Trinajstić information content (AvgIpc) is 2.80. The highest BCUT2D eigenvalue weighted by Gasteiger charge is 2.17. The Hall–Kier alpha value is -1.36. The molecule has 5 nitrogen and oxygen atoms in total. The van der Waals surface area contributed by atoms with E-state index in [1.165, 1.54) is 6.42 Å². The molecule has 18 heavy (non-hydrogen) atoms. The summed E-state index contributed by atoms with van der Waals surface area (Å²) >= 11 is 0. The van der Waals surface area contributed by atoms with Crippen molar-refractivity contribution in [1.82, 2.24) is 15.3 Å². The van der Waals surface area contributed by atoms with Crippen LogP contribution in [0.15, 0.2) is 6.07 Å². The molecule has 5 heteroatoms. The third kappa shape index (κ3) is 3.10. The van der Waals surface area contributed by atoms with Gasteiger partial charge in [0.1, 0.15) is 17.5 Å². The van der Waals surface area contributed by atoms with E-state index in [0.29, 0.717) is 0 Å². The van der Waals surface area contributed by atoms with E-state index in [2.05, 4.69) is 33.3 Å². The van der Waals surface area contributed by atoms with Gasteiger partial charge in [-0.3, -0.25) is 0 Å². The van der Waals surface area contributed by atoms with Crippen LogP contribution >= 0.6 is 0 Å². The van der Waals surface area contributed by atoms with Crippen molar-refractivity contribution >= 4 is 11.6 Å². The lowest BCUT2D eigenvalue weighted by Crippen LogP contribution is -2.28. The molecule has 1 aliphatic rings. The Morgan fingerprint density at radius 3 is 2.61 bits per heavy atom. The SMILES string of the molecule is Cc1nc(N(C)C)cc(N(C)CC2CCNC2)n1. The van der Waals surface area contributed by atoms with E-state index >= 15 is 0 Å². The number of aromatic nitrogens is 2. The molecular weight excluding hydrogens is 226 g/mol. The van der Waals surface area contributed by atoms with Crippen LogP contribution in [0.1, 0.15) is 12.2 Å². The molecule has 0 bridgehead atoms. The van der Waals surface area contributed by atoms with E-state index in [0.717, 1.165) is 43.0 Å².